The molecule has 0 aromatic carbocycles. The van der Waals surface area contributed by atoms with Gasteiger partial charge in [-0.3, -0.25) is 0 Å². The van der Waals surface area contributed by atoms with Gasteiger partial charge >= 0.3 is 0 Å². The maximum absolute atomic E-state index is 4.16. The van der Waals surface area contributed by atoms with Crippen molar-refractivity contribution in [2.24, 2.45) is 0 Å². The van der Waals surface area contributed by atoms with Crippen LogP contribution in [0.1, 0.15) is 0 Å². The van der Waals surface area contributed by atoms with Crippen LogP contribution in [-0.4, -0.2) is 89.7 Å². The van der Waals surface area contributed by atoms with E-state index in [0.29, 0.717) is 0 Å². The summed E-state index contributed by atoms with van der Waals surface area (Å²) in [4.78, 5) is 71.1. The molecule has 41 heavy (non-hydrogen) atoms. The zero-order valence-electron chi connectivity index (χ0n) is 19.9. The smallest absolute Gasteiger partial charge is 0.225 e. The molecule has 6 rings (SSSR count). The predicted molar refractivity (Wildman–Crippen MR) is 126 cm³/mol. The highest BCUT2D eigenvalue weighted by Gasteiger charge is 2.13. The summed E-state index contributed by atoms with van der Waals surface area (Å²) >= 11 is 0. The first-order chi connectivity index (χ1) is 20.2. The molecule has 6 aromatic rings. The molecule has 0 fully saturated rings. The molecule has 0 spiro atoms. The highest BCUT2D eigenvalue weighted by Crippen LogP contribution is 2.15. The summed E-state index contributed by atoms with van der Waals surface area (Å²) in [5.74, 6) is 0.0294. The van der Waals surface area contributed by atoms with Crippen LogP contribution in [0, 0.1) is 0 Å². The molecule has 195 valence electrons. The number of aromatic nitrogens is 18. The largest absolute Gasteiger partial charge is 0.257 e. The molecule has 0 saturated carbocycles. The molecule has 0 amide bonds. The van der Waals surface area contributed by atoms with Crippen molar-refractivity contribution in [1.29, 1.82) is 0 Å². The summed E-state index contributed by atoms with van der Waals surface area (Å²) in [5.41, 5.74) is 0. The number of hydrogen-bond donors (Lipinski definition) is 0. The summed E-state index contributed by atoms with van der Waals surface area (Å²) in [6.45, 7) is 0. The van der Waals surface area contributed by atoms with Gasteiger partial charge in [-0.05, 0) is 0 Å². The molecular formula is C18H8N23. The van der Waals surface area contributed by atoms with Crippen molar-refractivity contribution in [3.8, 4) is 0 Å². The van der Waals surface area contributed by atoms with Crippen LogP contribution in [0.5, 0.6) is 0 Å². The Labute approximate surface area is 226 Å². The Morgan fingerprint density at radius 2 is 0.439 bits per heavy atom. The molecule has 6 heterocycles. The number of hydrogen-bond acceptors (Lipinski definition) is 18. The molecule has 6 aromatic heterocycles. The van der Waals surface area contributed by atoms with Gasteiger partial charge in [0.05, 0.1) is 0 Å². The van der Waals surface area contributed by atoms with Crippen molar-refractivity contribution in [2.45, 2.75) is 0 Å². The van der Waals surface area contributed by atoms with Gasteiger partial charge < -0.3 is 0 Å². The van der Waals surface area contributed by atoms with Crippen LogP contribution in [0.15, 0.2) is 50.6 Å². The van der Waals surface area contributed by atoms with Gasteiger partial charge in [0.15, 0.2) is 0 Å². The van der Waals surface area contributed by atoms with Crippen LogP contribution in [0.2, 0.25) is 0 Å². The van der Waals surface area contributed by atoms with E-state index in [1.165, 1.54) is 50.6 Å². The standard InChI is InChI=1S/C18H8N23/c1-19-2-22-9(21-1)33-11-25-5-27-13(35-11)37-15-29-7-31-17(39-15)41-18-32-8-30-16(40-18)38-14-28-6-26-12(36-14)34-10-23-3-20-4-24-10/h1-8H. The van der Waals surface area contributed by atoms with Crippen molar-refractivity contribution in [3.05, 3.63) is 50.6 Å². The Morgan fingerprint density at radius 1 is 0.244 bits per heavy atom. The van der Waals surface area contributed by atoms with Crippen molar-refractivity contribution in [3.63, 3.8) is 0 Å². The van der Waals surface area contributed by atoms with Crippen LogP contribution in [0.25, 0.3) is 0 Å². The third-order valence-corrected chi connectivity index (χ3v) is 4.15. The topological polar surface area (TPSA) is 303 Å². The molecule has 0 aliphatic carbocycles. The predicted octanol–water partition coefficient (Wildman–Crippen LogP) is -1.37. The average molecular weight is 546 g/mol. The normalized spacial score (nSPS) is 10.4. The Kier molecular flexibility index (Phi) is 6.92. The fourth-order valence-electron chi connectivity index (χ4n) is 2.58. The van der Waals surface area contributed by atoms with Gasteiger partial charge in [-0.1, -0.05) is 0 Å². The van der Waals surface area contributed by atoms with Crippen molar-refractivity contribution >= 4 is 59.5 Å². The zero-order chi connectivity index (χ0) is 27.7. The van der Waals surface area contributed by atoms with Crippen molar-refractivity contribution in [2.75, 3.05) is 0 Å². The van der Waals surface area contributed by atoms with Gasteiger partial charge in [-0.2, -0.15) is 106 Å². The Morgan fingerprint density at radius 3 is 0.683 bits per heavy atom. The lowest BCUT2D eigenvalue weighted by Gasteiger charge is -2.04. The SMILES string of the molecule is c1ncnc([N]c2ncnc([N]c3ncnc([N]c4ncnc([N]c5ncnc([N]c6ncncn6)n5)n4)n3)n2)n1. The summed E-state index contributed by atoms with van der Waals surface area (Å²) in [6, 6.07) is 0. The second kappa shape index (κ2) is 11.6. The van der Waals surface area contributed by atoms with E-state index in [2.05, 4.69) is 116 Å². The maximum Gasteiger partial charge on any atom is 0.257 e. The van der Waals surface area contributed by atoms with Gasteiger partial charge in [0.2, 0.25) is 0 Å². The van der Waals surface area contributed by atoms with Gasteiger partial charge in [-0.25, -0.2) is 9.97 Å². The van der Waals surface area contributed by atoms with E-state index in [0.717, 1.165) is 0 Å². The molecular weight excluding hydrogens is 538 g/mol. The van der Waals surface area contributed by atoms with Crippen molar-refractivity contribution in [1.82, 2.24) is 116 Å². The van der Waals surface area contributed by atoms with E-state index in [9.17, 15) is 0 Å². The molecule has 23 heteroatoms. The van der Waals surface area contributed by atoms with Crippen LogP contribution in [-0.2, 0) is 0 Å². The Bertz CT molecular complexity index is 1610. The Hall–Kier alpha value is -6.94. The van der Waals surface area contributed by atoms with Gasteiger partial charge in [0, 0.05) is 0 Å². The van der Waals surface area contributed by atoms with Crippen molar-refractivity contribution < 1.29 is 0 Å². The molecule has 0 bridgehead atoms. The zero-order valence-corrected chi connectivity index (χ0v) is 19.9. The lowest BCUT2D eigenvalue weighted by atomic mass is 10.7. The average Bonchev–Trinajstić information content (AvgIpc) is 2.99. The van der Waals surface area contributed by atoms with E-state index in [1.54, 1.807) is 0 Å². The lowest BCUT2D eigenvalue weighted by molar-refractivity contribution is 0.829. The van der Waals surface area contributed by atoms with Crippen LogP contribution in [0.4, 0.5) is 59.5 Å². The van der Waals surface area contributed by atoms with E-state index < -0.39 is 0 Å². The molecule has 0 saturated heterocycles. The molecule has 0 atom stereocenters. The molecule has 0 unspecified atom stereocenters. The minimum Gasteiger partial charge on any atom is -0.225 e. The fourth-order valence-corrected chi connectivity index (χ4v) is 2.58. The number of nitrogens with zero attached hydrogens (tertiary/aromatic N) is 23. The van der Waals surface area contributed by atoms with Gasteiger partial charge in [-0.15, -0.1) is 0 Å². The van der Waals surface area contributed by atoms with Crippen LogP contribution in [0.3, 0.4) is 0 Å². The summed E-state index contributed by atoms with van der Waals surface area (Å²) in [6.07, 6.45) is 9.97. The third kappa shape index (κ3) is 6.69. The lowest BCUT2D eigenvalue weighted by Crippen LogP contribution is -2.08. The molecule has 0 aliphatic heterocycles. The van der Waals surface area contributed by atoms with E-state index in [1.807, 2.05) is 0 Å². The van der Waals surface area contributed by atoms with Gasteiger partial charge in [0.25, 0.3) is 59.5 Å². The van der Waals surface area contributed by atoms with Crippen LogP contribution < -0.4 is 26.6 Å². The molecule has 5 radical (unpaired) electrons. The molecule has 23 nitrogen and oxygen atoms in total. The molecule has 0 N–H and O–H groups in total. The van der Waals surface area contributed by atoms with E-state index in [4.69, 9.17) is 0 Å². The first kappa shape index (κ1) is 24.4. The number of rotatable bonds is 10. The van der Waals surface area contributed by atoms with Crippen LogP contribution >= 0.6 is 0 Å². The van der Waals surface area contributed by atoms with E-state index >= 15 is 0 Å². The summed E-state index contributed by atoms with van der Waals surface area (Å²) in [5, 5.41) is 20.6. The van der Waals surface area contributed by atoms with Gasteiger partial charge in [0.1, 0.15) is 50.6 Å². The summed E-state index contributed by atoms with van der Waals surface area (Å²) in [7, 11) is 0. The fraction of sp³-hybridized carbons (Fsp3) is 0. The second-order valence-electron chi connectivity index (χ2n) is 6.78. The maximum atomic E-state index is 4.16. The third-order valence-electron chi connectivity index (χ3n) is 4.15. The highest BCUT2D eigenvalue weighted by molar-refractivity contribution is 5.38. The monoisotopic (exact) mass is 546 g/mol. The quantitative estimate of drug-likeness (QED) is 0.191. The Balaban J connectivity index is 1.11. The molecule has 0 aliphatic rings. The highest BCUT2D eigenvalue weighted by atomic mass is 15.3. The first-order valence-corrected chi connectivity index (χ1v) is 10.8. The second-order valence-corrected chi connectivity index (χ2v) is 6.78. The minimum absolute atomic E-state index is 0.0230. The minimum atomic E-state index is -0.0568. The summed E-state index contributed by atoms with van der Waals surface area (Å²) < 4.78 is 0. The van der Waals surface area contributed by atoms with E-state index in [-0.39, 0.29) is 59.5 Å². The first-order valence-electron chi connectivity index (χ1n) is 10.8.